The zero-order chi connectivity index (χ0) is 27.7. The largest absolute Gasteiger partial charge is 0.416 e. The summed E-state index contributed by atoms with van der Waals surface area (Å²) in [5.41, 5.74) is 2.62. The van der Waals surface area contributed by atoms with Crippen molar-refractivity contribution >= 4 is 11.8 Å². The maximum absolute atomic E-state index is 13.6. The van der Waals surface area contributed by atoms with Crippen LogP contribution in [0.4, 0.5) is 17.6 Å². The van der Waals surface area contributed by atoms with Crippen LogP contribution in [0.3, 0.4) is 0 Å². The lowest BCUT2D eigenvalue weighted by molar-refractivity contribution is -0.137. The molecule has 1 aromatic heterocycles. The number of hydrogen-bond acceptors (Lipinski definition) is 2. The topological polar surface area (TPSA) is 45.6 Å². The number of carbonyl (C=O) groups is 2. The first-order chi connectivity index (χ1) is 18.6. The summed E-state index contributed by atoms with van der Waals surface area (Å²) in [6.07, 6.45) is -4.54. The predicted octanol–water partition coefficient (Wildman–Crippen LogP) is 6.21. The molecule has 9 heteroatoms. The number of rotatable bonds is 4. The average molecular weight is 536 g/mol. The summed E-state index contributed by atoms with van der Waals surface area (Å²) >= 11 is 0. The number of nitrogens with zero attached hydrogens (tertiary/aromatic N) is 3. The molecule has 0 bridgehead atoms. The Morgan fingerprint density at radius 1 is 0.744 bits per heavy atom. The van der Waals surface area contributed by atoms with Gasteiger partial charge in [-0.1, -0.05) is 24.3 Å². The van der Waals surface area contributed by atoms with Crippen LogP contribution in [0.2, 0.25) is 0 Å². The van der Waals surface area contributed by atoms with Crippen LogP contribution in [0.25, 0.3) is 16.9 Å². The van der Waals surface area contributed by atoms with E-state index in [1.807, 2.05) is 41.8 Å². The molecule has 1 aliphatic heterocycles. The normalized spacial score (nSPS) is 14.0. The van der Waals surface area contributed by atoms with Crippen LogP contribution < -0.4 is 0 Å². The van der Waals surface area contributed by atoms with Crippen LogP contribution >= 0.6 is 0 Å². The Hall–Kier alpha value is -4.40. The van der Waals surface area contributed by atoms with E-state index >= 15 is 0 Å². The molecule has 2 amide bonds. The molecule has 0 N–H and O–H groups in total. The van der Waals surface area contributed by atoms with E-state index in [1.54, 1.807) is 23.1 Å². The summed E-state index contributed by atoms with van der Waals surface area (Å²) in [6.45, 7) is 2.73. The molecule has 0 saturated carbocycles. The van der Waals surface area contributed by atoms with Crippen LogP contribution in [0, 0.1) is 12.7 Å². The van der Waals surface area contributed by atoms with Crippen LogP contribution in [-0.2, 0) is 6.18 Å². The van der Waals surface area contributed by atoms with Gasteiger partial charge in [0.2, 0.25) is 0 Å². The summed E-state index contributed by atoms with van der Waals surface area (Å²) in [5, 5.41) is 0. The summed E-state index contributed by atoms with van der Waals surface area (Å²) in [6, 6.07) is 21.7. The third-order valence-electron chi connectivity index (χ3n) is 6.92. The first kappa shape index (κ1) is 26.2. The highest BCUT2D eigenvalue weighted by Crippen LogP contribution is 2.32. The fourth-order valence-electron chi connectivity index (χ4n) is 4.86. The molecule has 2 heterocycles. The monoisotopic (exact) mass is 535 g/mol. The molecule has 3 aromatic carbocycles. The van der Waals surface area contributed by atoms with Gasteiger partial charge in [-0.15, -0.1) is 0 Å². The molecular formula is C30H25F4N3O2. The Bertz CT molecular complexity index is 1500. The van der Waals surface area contributed by atoms with E-state index in [-0.39, 0.29) is 43.5 Å². The highest BCUT2D eigenvalue weighted by molar-refractivity contribution is 5.98. The van der Waals surface area contributed by atoms with Crippen LogP contribution in [0.5, 0.6) is 0 Å². The second kappa shape index (κ2) is 10.4. The molecule has 1 saturated heterocycles. The van der Waals surface area contributed by atoms with Gasteiger partial charge in [0.15, 0.2) is 0 Å². The lowest BCUT2D eigenvalue weighted by atomic mass is 10.1. The SMILES string of the molecule is Cc1c(C(=O)N2CCN(C(=O)c3cccc(C(F)(F)F)c3)CC2)cc(-c2ccc(F)cc2)n1-c1ccccc1. The zero-order valence-electron chi connectivity index (χ0n) is 21.1. The minimum Gasteiger partial charge on any atom is -0.335 e. The number of para-hydroxylation sites is 1. The molecule has 0 spiro atoms. The second-order valence-corrected chi connectivity index (χ2v) is 9.37. The highest BCUT2D eigenvalue weighted by atomic mass is 19.4. The maximum atomic E-state index is 13.6. The van der Waals surface area contributed by atoms with Crippen molar-refractivity contribution in [3.05, 3.63) is 113 Å². The minimum absolute atomic E-state index is 0.0377. The Morgan fingerprint density at radius 3 is 1.97 bits per heavy atom. The van der Waals surface area contributed by atoms with Gasteiger partial charge < -0.3 is 14.4 Å². The molecule has 5 rings (SSSR count). The number of alkyl halides is 3. The Balaban J connectivity index is 1.37. The molecule has 0 radical (unpaired) electrons. The fraction of sp³-hybridized carbons (Fsp3) is 0.200. The van der Waals surface area contributed by atoms with Gasteiger partial charge in [0.05, 0.1) is 16.8 Å². The smallest absolute Gasteiger partial charge is 0.335 e. The molecule has 5 nitrogen and oxygen atoms in total. The van der Waals surface area contributed by atoms with E-state index in [1.165, 1.54) is 29.2 Å². The maximum Gasteiger partial charge on any atom is 0.416 e. The van der Waals surface area contributed by atoms with Gasteiger partial charge in [0.1, 0.15) is 5.82 Å². The molecule has 200 valence electrons. The van der Waals surface area contributed by atoms with Gasteiger partial charge in [-0.25, -0.2) is 4.39 Å². The van der Waals surface area contributed by atoms with Gasteiger partial charge in [-0.05, 0) is 73.2 Å². The first-order valence-corrected chi connectivity index (χ1v) is 12.4. The molecular weight excluding hydrogens is 510 g/mol. The van der Waals surface area contributed by atoms with Crippen molar-refractivity contribution in [2.45, 2.75) is 13.1 Å². The Kier molecular flexibility index (Phi) is 6.99. The molecule has 0 atom stereocenters. The van der Waals surface area contributed by atoms with Crippen molar-refractivity contribution in [1.29, 1.82) is 0 Å². The number of hydrogen-bond donors (Lipinski definition) is 0. The number of aromatic nitrogens is 1. The molecule has 0 aliphatic carbocycles. The van der Waals surface area contributed by atoms with Gasteiger partial charge in [-0.2, -0.15) is 13.2 Å². The number of benzene rings is 3. The van der Waals surface area contributed by atoms with Crippen molar-refractivity contribution in [2.75, 3.05) is 26.2 Å². The van der Waals surface area contributed by atoms with E-state index < -0.39 is 17.6 Å². The average Bonchev–Trinajstić information content (AvgIpc) is 3.29. The molecule has 1 fully saturated rings. The van der Waals surface area contributed by atoms with Crippen LogP contribution in [0.15, 0.2) is 84.9 Å². The molecule has 0 unspecified atom stereocenters. The Labute approximate surface area is 222 Å². The Morgan fingerprint density at radius 2 is 1.36 bits per heavy atom. The second-order valence-electron chi connectivity index (χ2n) is 9.37. The standard InChI is InChI=1S/C30H25F4N3O2/c1-20-26(19-27(21-10-12-24(31)13-11-21)37(20)25-8-3-2-4-9-25)29(39)36-16-14-35(15-17-36)28(38)22-6-5-7-23(18-22)30(32,33)34/h2-13,18-19H,14-17H2,1H3. The summed E-state index contributed by atoms with van der Waals surface area (Å²) in [7, 11) is 0. The third-order valence-corrected chi connectivity index (χ3v) is 6.92. The number of carbonyl (C=O) groups excluding carboxylic acids is 2. The molecule has 39 heavy (non-hydrogen) atoms. The van der Waals surface area contributed by atoms with Crippen LogP contribution in [0.1, 0.15) is 32.0 Å². The third kappa shape index (κ3) is 5.30. The van der Waals surface area contributed by atoms with Crippen molar-refractivity contribution in [2.24, 2.45) is 0 Å². The highest BCUT2D eigenvalue weighted by Gasteiger charge is 2.32. The van der Waals surface area contributed by atoms with Gasteiger partial charge >= 0.3 is 6.18 Å². The molecule has 4 aromatic rings. The summed E-state index contributed by atoms with van der Waals surface area (Å²) < 4.78 is 54.8. The van der Waals surface area contributed by atoms with Crippen molar-refractivity contribution in [3.8, 4) is 16.9 Å². The van der Waals surface area contributed by atoms with Crippen molar-refractivity contribution in [3.63, 3.8) is 0 Å². The lowest BCUT2D eigenvalue weighted by Crippen LogP contribution is -2.50. The van der Waals surface area contributed by atoms with Gasteiger partial charge in [0, 0.05) is 43.1 Å². The number of halogens is 4. The number of piperazine rings is 1. The minimum atomic E-state index is -4.54. The number of amides is 2. The fourth-order valence-corrected chi connectivity index (χ4v) is 4.86. The quantitative estimate of drug-likeness (QED) is 0.292. The van der Waals surface area contributed by atoms with E-state index in [9.17, 15) is 27.2 Å². The van der Waals surface area contributed by atoms with Crippen LogP contribution in [-0.4, -0.2) is 52.4 Å². The van der Waals surface area contributed by atoms with Crippen molar-refractivity contribution < 1.29 is 27.2 Å². The molecule has 1 aliphatic rings. The summed E-state index contributed by atoms with van der Waals surface area (Å²) in [5.74, 6) is -1.07. The van der Waals surface area contributed by atoms with Gasteiger partial charge in [0.25, 0.3) is 11.8 Å². The predicted molar refractivity (Wildman–Crippen MR) is 139 cm³/mol. The van der Waals surface area contributed by atoms with E-state index in [0.717, 1.165) is 29.1 Å². The first-order valence-electron chi connectivity index (χ1n) is 12.4. The van der Waals surface area contributed by atoms with E-state index in [2.05, 4.69) is 0 Å². The lowest BCUT2D eigenvalue weighted by Gasteiger charge is -2.35. The van der Waals surface area contributed by atoms with E-state index in [4.69, 9.17) is 0 Å². The van der Waals surface area contributed by atoms with Crippen molar-refractivity contribution in [1.82, 2.24) is 14.4 Å². The zero-order valence-corrected chi connectivity index (χ0v) is 21.1. The summed E-state index contributed by atoms with van der Waals surface area (Å²) in [4.78, 5) is 29.6. The van der Waals surface area contributed by atoms with E-state index in [0.29, 0.717) is 11.3 Å². The van der Waals surface area contributed by atoms with Gasteiger partial charge in [-0.3, -0.25) is 9.59 Å².